The molecule has 1 aromatic heterocycles. The van der Waals surface area contributed by atoms with Crippen LogP contribution in [-0.2, 0) is 6.54 Å². The van der Waals surface area contributed by atoms with Crippen molar-refractivity contribution in [2.75, 3.05) is 12.8 Å². The van der Waals surface area contributed by atoms with Crippen LogP contribution < -0.4 is 5.32 Å². The monoisotopic (exact) mass is 389 g/mol. The predicted molar refractivity (Wildman–Crippen MR) is 92.0 cm³/mol. The van der Waals surface area contributed by atoms with Crippen molar-refractivity contribution < 1.29 is 0 Å². The lowest BCUT2D eigenvalue weighted by Crippen LogP contribution is -2.14. The lowest BCUT2D eigenvalue weighted by molar-refractivity contribution is 0.669. The van der Waals surface area contributed by atoms with E-state index >= 15 is 0 Å². The maximum Gasteiger partial charge on any atom is 0.179 e. The van der Waals surface area contributed by atoms with Crippen LogP contribution in [0.5, 0.6) is 0 Å². The SMILES string of the molecule is CCCNCc1cc(Br)ccc1Sc1nnc(SC)s1. The summed E-state index contributed by atoms with van der Waals surface area (Å²) in [4.78, 5) is 1.24. The molecule has 0 saturated carbocycles. The third-order valence-corrected chi connectivity index (χ3v) is 6.09. The smallest absolute Gasteiger partial charge is 0.179 e. The number of rotatable bonds is 7. The molecule has 20 heavy (non-hydrogen) atoms. The Bertz CT molecular complexity index is 560. The fourth-order valence-electron chi connectivity index (χ4n) is 1.60. The van der Waals surface area contributed by atoms with Gasteiger partial charge in [-0.15, -0.1) is 10.2 Å². The van der Waals surface area contributed by atoms with Crippen molar-refractivity contribution >= 4 is 50.8 Å². The quantitative estimate of drug-likeness (QED) is 0.549. The third-order valence-electron chi connectivity index (χ3n) is 2.52. The maximum absolute atomic E-state index is 4.22. The molecule has 0 spiro atoms. The lowest BCUT2D eigenvalue weighted by atomic mass is 10.2. The normalized spacial score (nSPS) is 10.9. The molecule has 0 saturated heterocycles. The summed E-state index contributed by atoms with van der Waals surface area (Å²) in [6.45, 7) is 4.09. The van der Waals surface area contributed by atoms with E-state index in [4.69, 9.17) is 0 Å². The Morgan fingerprint density at radius 1 is 1.30 bits per heavy atom. The predicted octanol–water partition coefficient (Wildman–Crippen LogP) is 4.67. The standard InChI is InChI=1S/C13H16BrN3S3/c1-3-6-15-8-9-7-10(14)4-5-11(9)19-13-17-16-12(18-2)20-13/h4-5,7,15H,3,6,8H2,1-2H3. The van der Waals surface area contributed by atoms with Gasteiger partial charge in [0.2, 0.25) is 0 Å². The second kappa shape index (κ2) is 8.38. The number of nitrogens with zero attached hydrogens (tertiary/aromatic N) is 2. The molecule has 7 heteroatoms. The van der Waals surface area contributed by atoms with Crippen LogP contribution in [0.1, 0.15) is 18.9 Å². The van der Waals surface area contributed by atoms with E-state index in [0.29, 0.717) is 0 Å². The van der Waals surface area contributed by atoms with Crippen molar-refractivity contribution in [3.05, 3.63) is 28.2 Å². The number of hydrogen-bond acceptors (Lipinski definition) is 6. The molecule has 0 fully saturated rings. The van der Waals surface area contributed by atoms with Crippen LogP contribution in [0, 0.1) is 0 Å². The molecule has 0 aliphatic heterocycles. The van der Waals surface area contributed by atoms with Crippen LogP contribution in [0.2, 0.25) is 0 Å². The van der Waals surface area contributed by atoms with E-state index in [1.807, 2.05) is 6.26 Å². The average Bonchev–Trinajstić information content (AvgIpc) is 2.90. The van der Waals surface area contributed by atoms with Crippen LogP contribution in [0.25, 0.3) is 0 Å². The van der Waals surface area contributed by atoms with Gasteiger partial charge in [-0.1, -0.05) is 57.7 Å². The van der Waals surface area contributed by atoms with Gasteiger partial charge in [0.05, 0.1) is 0 Å². The second-order valence-electron chi connectivity index (χ2n) is 4.07. The molecule has 0 atom stereocenters. The molecule has 0 aliphatic rings. The number of benzene rings is 1. The Hall–Kier alpha value is -0.0800. The summed E-state index contributed by atoms with van der Waals surface area (Å²) in [5.74, 6) is 0. The van der Waals surface area contributed by atoms with Crippen molar-refractivity contribution in [1.29, 1.82) is 0 Å². The molecule has 108 valence electrons. The minimum absolute atomic E-state index is 0.879. The second-order valence-corrected chi connectivity index (χ2v) is 8.30. The summed E-state index contributed by atoms with van der Waals surface area (Å²) >= 11 is 8.50. The van der Waals surface area contributed by atoms with E-state index in [1.165, 1.54) is 10.5 Å². The summed E-state index contributed by atoms with van der Waals surface area (Å²) in [7, 11) is 0. The number of halogens is 1. The molecule has 0 radical (unpaired) electrons. The first-order valence-corrected chi connectivity index (χ1v) is 9.92. The minimum atomic E-state index is 0.879. The zero-order valence-corrected chi connectivity index (χ0v) is 15.4. The molecule has 0 bridgehead atoms. The summed E-state index contributed by atoms with van der Waals surface area (Å²) in [6.07, 6.45) is 3.17. The highest BCUT2D eigenvalue weighted by atomic mass is 79.9. The molecule has 2 rings (SSSR count). The molecule has 2 aromatic rings. The van der Waals surface area contributed by atoms with Crippen LogP contribution in [-0.4, -0.2) is 23.0 Å². The molecule has 1 aromatic carbocycles. The highest BCUT2D eigenvalue weighted by molar-refractivity contribution is 9.10. The van der Waals surface area contributed by atoms with Gasteiger partial charge in [0.1, 0.15) is 0 Å². The summed E-state index contributed by atoms with van der Waals surface area (Å²) in [5, 5.41) is 11.8. The highest BCUT2D eigenvalue weighted by Gasteiger charge is 2.09. The molecule has 1 N–H and O–H groups in total. The van der Waals surface area contributed by atoms with E-state index in [-0.39, 0.29) is 0 Å². The molecule has 3 nitrogen and oxygen atoms in total. The minimum Gasteiger partial charge on any atom is -0.313 e. The fourth-order valence-corrected chi connectivity index (χ4v) is 4.51. The Labute approximate surface area is 140 Å². The van der Waals surface area contributed by atoms with E-state index in [2.05, 4.69) is 56.6 Å². The van der Waals surface area contributed by atoms with Gasteiger partial charge in [0, 0.05) is 15.9 Å². The summed E-state index contributed by atoms with van der Waals surface area (Å²) in [5.41, 5.74) is 1.29. The molecule has 0 unspecified atom stereocenters. The number of thioether (sulfide) groups is 1. The summed E-state index contributed by atoms with van der Waals surface area (Å²) in [6, 6.07) is 6.38. The van der Waals surface area contributed by atoms with Crippen molar-refractivity contribution in [3.63, 3.8) is 0 Å². The molecular weight excluding hydrogens is 374 g/mol. The van der Waals surface area contributed by atoms with E-state index in [9.17, 15) is 0 Å². The Morgan fingerprint density at radius 3 is 2.80 bits per heavy atom. The van der Waals surface area contributed by atoms with Gasteiger partial charge in [0.25, 0.3) is 0 Å². The van der Waals surface area contributed by atoms with Crippen molar-refractivity contribution in [2.45, 2.75) is 33.5 Å². The fraction of sp³-hybridized carbons (Fsp3) is 0.385. The number of aromatic nitrogens is 2. The van der Waals surface area contributed by atoms with Gasteiger partial charge in [-0.2, -0.15) is 0 Å². The van der Waals surface area contributed by atoms with Crippen LogP contribution >= 0.6 is 50.8 Å². The van der Waals surface area contributed by atoms with Crippen molar-refractivity contribution in [1.82, 2.24) is 15.5 Å². The summed E-state index contributed by atoms with van der Waals surface area (Å²) < 4.78 is 3.11. The van der Waals surface area contributed by atoms with Gasteiger partial charge in [-0.05, 0) is 43.0 Å². The first-order chi connectivity index (χ1) is 9.72. The Morgan fingerprint density at radius 2 is 2.10 bits per heavy atom. The first kappa shape index (κ1) is 16.3. The molecule has 1 heterocycles. The van der Waals surface area contributed by atoms with Crippen LogP contribution in [0.15, 0.2) is 36.2 Å². The lowest BCUT2D eigenvalue weighted by Gasteiger charge is -2.09. The van der Waals surface area contributed by atoms with Gasteiger partial charge in [-0.3, -0.25) is 0 Å². The highest BCUT2D eigenvalue weighted by Crippen LogP contribution is 2.35. The Balaban J connectivity index is 2.12. The van der Waals surface area contributed by atoms with Gasteiger partial charge in [0.15, 0.2) is 8.68 Å². The van der Waals surface area contributed by atoms with Crippen LogP contribution in [0.3, 0.4) is 0 Å². The molecule has 0 aliphatic carbocycles. The zero-order chi connectivity index (χ0) is 14.4. The van der Waals surface area contributed by atoms with E-state index in [1.54, 1.807) is 34.9 Å². The average molecular weight is 390 g/mol. The maximum atomic E-state index is 4.22. The topological polar surface area (TPSA) is 37.8 Å². The third kappa shape index (κ3) is 4.73. The van der Waals surface area contributed by atoms with Gasteiger partial charge < -0.3 is 5.32 Å². The Kier molecular flexibility index (Phi) is 6.83. The van der Waals surface area contributed by atoms with Gasteiger partial charge in [-0.25, -0.2) is 0 Å². The van der Waals surface area contributed by atoms with E-state index in [0.717, 1.165) is 32.7 Å². The van der Waals surface area contributed by atoms with E-state index < -0.39 is 0 Å². The largest absolute Gasteiger partial charge is 0.313 e. The number of nitrogens with one attached hydrogen (secondary N) is 1. The number of hydrogen-bond donors (Lipinski definition) is 1. The van der Waals surface area contributed by atoms with Crippen LogP contribution in [0.4, 0.5) is 0 Å². The first-order valence-electron chi connectivity index (χ1n) is 6.27. The van der Waals surface area contributed by atoms with Gasteiger partial charge >= 0.3 is 0 Å². The van der Waals surface area contributed by atoms with Crippen molar-refractivity contribution in [2.24, 2.45) is 0 Å². The van der Waals surface area contributed by atoms with Crippen molar-refractivity contribution in [3.8, 4) is 0 Å². The molecule has 0 amide bonds. The molecular formula is C13H16BrN3S3. The zero-order valence-electron chi connectivity index (χ0n) is 11.4.